The first-order chi connectivity index (χ1) is 19.0. The molecule has 3 rings (SSSR count). The highest BCUT2D eigenvalue weighted by atomic mass is 35.6. The molecular weight excluding hydrogens is 585 g/mol. The number of alkyl halides is 3. The first kappa shape index (κ1) is 32.4. The van der Waals surface area contributed by atoms with E-state index in [1.165, 1.54) is 17.5 Å². The fraction of sp³-hybridized carbons (Fsp3) is 0.323. The van der Waals surface area contributed by atoms with Crippen LogP contribution >= 0.6 is 34.8 Å². The third-order valence-corrected chi connectivity index (χ3v) is 12.0. The Bertz CT molecular complexity index is 1180. The van der Waals surface area contributed by atoms with Gasteiger partial charge in [0.15, 0.2) is 0 Å². The van der Waals surface area contributed by atoms with Crippen molar-refractivity contribution in [2.24, 2.45) is 0 Å². The second-order valence-electron chi connectivity index (χ2n) is 10.2. The van der Waals surface area contributed by atoms with Crippen LogP contribution in [0.25, 0.3) is 0 Å². The number of nitrogens with one attached hydrogen (secondary N) is 1. The van der Waals surface area contributed by atoms with Crippen molar-refractivity contribution in [3.63, 3.8) is 0 Å². The van der Waals surface area contributed by atoms with Crippen LogP contribution in [-0.4, -0.2) is 44.6 Å². The monoisotopic (exact) mass is 619 g/mol. The van der Waals surface area contributed by atoms with E-state index < -0.39 is 30.2 Å². The SMILES string of the molecule is COCO[C@H](c1ccccc1)[C@@H](/C=C/CO[Si](c1ccccc1)(c1ccccc1)C(C)(C)C)OC(=N)C(Cl)(Cl)Cl. The summed E-state index contributed by atoms with van der Waals surface area (Å²) in [7, 11) is -1.21. The molecule has 40 heavy (non-hydrogen) atoms. The zero-order valence-corrected chi connectivity index (χ0v) is 26.4. The van der Waals surface area contributed by atoms with E-state index in [9.17, 15) is 0 Å². The molecule has 3 aromatic carbocycles. The maximum Gasteiger partial charge on any atom is 0.265 e. The Balaban J connectivity index is 1.98. The third kappa shape index (κ3) is 8.20. The molecule has 2 atom stereocenters. The van der Waals surface area contributed by atoms with E-state index in [1.54, 1.807) is 6.08 Å². The van der Waals surface area contributed by atoms with Crippen LogP contribution in [0.15, 0.2) is 103 Å². The summed E-state index contributed by atoms with van der Waals surface area (Å²) >= 11 is 17.9. The minimum absolute atomic E-state index is 0.00687. The van der Waals surface area contributed by atoms with E-state index in [0.29, 0.717) is 6.61 Å². The second kappa shape index (κ2) is 14.6. The third-order valence-electron chi connectivity index (χ3n) is 6.44. The first-order valence-electron chi connectivity index (χ1n) is 12.9. The van der Waals surface area contributed by atoms with E-state index >= 15 is 0 Å². The van der Waals surface area contributed by atoms with Crippen LogP contribution in [-0.2, 0) is 18.6 Å². The van der Waals surface area contributed by atoms with Crippen LogP contribution < -0.4 is 10.4 Å². The molecular formula is C31H36Cl3NO4Si. The van der Waals surface area contributed by atoms with Crippen LogP contribution in [0.1, 0.15) is 32.4 Å². The van der Waals surface area contributed by atoms with E-state index in [0.717, 1.165) is 5.56 Å². The van der Waals surface area contributed by atoms with E-state index in [-0.39, 0.29) is 11.8 Å². The Labute approximate surface area is 253 Å². The largest absolute Gasteiger partial charge is 0.467 e. The van der Waals surface area contributed by atoms with Gasteiger partial charge in [0.2, 0.25) is 5.90 Å². The van der Waals surface area contributed by atoms with Gasteiger partial charge in [0.25, 0.3) is 12.1 Å². The number of rotatable bonds is 12. The molecule has 0 spiro atoms. The lowest BCUT2D eigenvalue weighted by Gasteiger charge is -2.42. The van der Waals surface area contributed by atoms with Gasteiger partial charge in [-0.2, -0.15) is 0 Å². The van der Waals surface area contributed by atoms with Crippen LogP contribution in [0, 0.1) is 5.41 Å². The summed E-state index contributed by atoms with van der Waals surface area (Å²) in [5.74, 6) is -0.512. The molecule has 0 bridgehead atoms. The van der Waals surface area contributed by atoms with Gasteiger partial charge < -0.3 is 18.6 Å². The predicted octanol–water partition coefficient (Wildman–Crippen LogP) is 7.21. The summed E-state index contributed by atoms with van der Waals surface area (Å²) in [4.78, 5) is 0. The number of methoxy groups -OCH3 is 1. The normalized spacial score (nSPS) is 14.2. The lowest BCUT2D eigenvalue weighted by molar-refractivity contribution is -0.102. The van der Waals surface area contributed by atoms with Gasteiger partial charge in [-0.3, -0.25) is 5.41 Å². The number of hydrogen-bond acceptors (Lipinski definition) is 5. The fourth-order valence-corrected chi connectivity index (χ4v) is 9.33. The van der Waals surface area contributed by atoms with Gasteiger partial charge in [0.1, 0.15) is 19.0 Å². The first-order valence-corrected chi connectivity index (χ1v) is 15.9. The van der Waals surface area contributed by atoms with Crippen LogP contribution in [0.3, 0.4) is 0 Å². The van der Waals surface area contributed by atoms with Crippen molar-refractivity contribution < 1.29 is 18.6 Å². The molecule has 0 fully saturated rings. The second-order valence-corrected chi connectivity index (χ2v) is 16.8. The molecule has 0 aliphatic carbocycles. The molecule has 0 aliphatic rings. The van der Waals surface area contributed by atoms with Gasteiger partial charge in [-0.05, 0) is 27.1 Å². The van der Waals surface area contributed by atoms with E-state index in [1.807, 2.05) is 48.5 Å². The number of ether oxygens (including phenoxy) is 3. The van der Waals surface area contributed by atoms with Crippen molar-refractivity contribution in [2.45, 2.75) is 41.8 Å². The van der Waals surface area contributed by atoms with Crippen molar-refractivity contribution in [3.8, 4) is 0 Å². The summed E-state index contributed by atoms with van der Waals surface area (Å²) < 4.78 is 22.0. The Morgan fingerprint density at radius 2 is 1.35 bits per heavy atom. The molecule has 3 aromatic rings. The van der Waals surface area contributed by atoms with Crippen molar-refractivity contribution in [1.29, 1.82) is 5.41 Å². The Hall–Kier alpha value is -2.16. The van der Waals surface area contributed by atoms with Gasteiger partial charge in [-0.25, -0.2) is 0 Å². The summed E-state index contributed by atoms with van der Waals surface area (Å²) in [5, 5.41) is 10.4. The fourth-order valence-electron chi connectivity index (χ4n) is 4.69. The molecule has 0 saturated carbocycles. The van der Waals surface area contributed by atoms with Crippen LogP contribution in [0.2, 0.25) is 5.04 Å². The Morgan fingerprint density at radius 1 is 0.850 bits per heavy atom. The van der Waals surface area contributed by atoms with Crippen LogP contribution in [0.4, 0.5) is 0 Å². The molecule has 214 valence electrons. The Morgan fingerprint density at radius 3 is 1.80 bits per heavy atom. The van der Waals surface area contributed by atoms with Gasteiger partial charge >= 0.3 is 0 Å². The quantitative estimate of drug-likeness (QED) is 0.0580. The van der Waals surface area contributed by atoms with Gasteiger partial charge in [-0.1, -0.05) is 153 Å². The molecule has 5 nitrogen and oxygen atoms in total. The molecule has 0 unspecified atom stereocenters. The van der Waals surface area contributed by atoms with E-state index in [2.05, 4.69) is 69.3 Å². The van der Waals surface area contributed by atoms with Gasteiger partial charge in [-0.15, -0.1) is 0 Å². The standard InChI is InChI=1S/C31H36Cl3NO4Si/c1-30(2,3)40(25-17-10-6-11-18-25,26-19-12-7-13-20-26)38-22-14-21-27(39-29(35)31(32,33)34)28(37-23-36-4)24-15-8-5-9-16-24/h5-21,27-28,35H,22-23H2,1-4H3/b21-14+,35-29?/t27-,28-/m1/s1. The molecule has 1 N–H and O–H groups in total. The van der Waals surface area contributed by atoms with Crippen molar-refractivity contribution >= 4 is 59.4 Å². The van der Waals surface area contributed by atoms with Gasteiger partial charge in [0, 0.05) is 7.11 Å². The highest BCUT2D eigenvalue weighted by molar-refractivity contribution is 6.99. The zero-order valence-electron chi connectivity index (χ0n) is 23.2. The number of halogens is 3. The lowest BCUT2D eigenvalue weighted by atomic mass is 10.0. The molecule has 0 aliphatic heterocycles. The molecule has 0 radical (unpaired) electrons. The molecule has 0 saturated heterocycles. The maximum atomic E-state index is 8.23. The van der Waals surface area contributed by atoms with Gasteiger partial charge in [0.05, 0.1) is 6.61 Å². The molecule has 9 heteroatoms. The summed E-state index contributed by atoms with van der Waals surface area (Å²) in [6.45, 7) is 6.97. The average molecular weight is 621 g/mol. The summed E-state index contributed by atoms with van der Waals surface area (Å²) in [5.41, 5.74) is 0.819. The number of hydrogen-bond donors (Lipinski definition) is 1. The highest BCUT2D eigenvalue weighted by Crippen LogP contribution is 2.37. The van der Waals surface area contributed by atoms with Crippen molar-refractivity contribution in [1.82, 2.24) is 0 Å². The highest BCUT2D eigenvalue weighted by Gasteiger charge is 2.50. The molecule has 0 heterocycles. The smallest absolute Gasteiger partial charge is 0.265 e. The zero-order chi connectivity index (χ0) is 29.2. The summed E-state index contributed by atoms with van der Waals surface area (Å²) in [6, 6.07) is 30.3. The van der Waals surface area contributed by atoms with Crippen molar-refractivity contribution in [3.05, 3.63) is 109 Å². The topological polar surface area (TPSA) is 60.8 Å². The van der Waals surface area contributed by atoms with Crippen LogP contribution in [0.5, 0.6) is 0 Å². The van der Waals surface area contributed by atoms with Crippen molar-refractivity contribution in [2.75, 3.05) is 20.5 Å². The minimum Gasteiger partial charge on any atom is -0.467 e. The predicted molar refractivity (Wildman–Crippen MR) is 168 cm³/mol. The molecule has 0 amide bonds. The maximum absolute atomic E-state index is 8.23. The minimum atomic E-state index is -2.74. The van der Waals surface area contributed by atoms with E-state index in [4.69, 9.17) is 58.8 Å². The lowest BCUT2D eigenvalue weighted by Crippen LogP contribution is -2.66. The Kier molecular flexibility index (Phi) is 11.8. The number of benzene rings is 3. The molecule has 0 aromatic heterocycles. The summed E-state index contributed by atoms with van der Waals surface area (Å²) in [6.07, 6.45) is 2.22. The average Bonchev–Trinajstić information content (AvgIpc) is 2.93.